The van der Waals surface area contributed by atoms with Crippen molar-refractivity contribution in [2.24, 2.45) is 0 Å². The van der Waals surface area contributed by atoms with Gasteiger partial charge in [0.1, 0.15) is 5.75 Å². The molecule has 0 spiro atoms. The van der Waals surface area contributed by atoms with Crippen LogP contribution in [-0.4, -0.2) is 29.1 Å². The largest absolute Gasteiger partial charge is 0.478 e. The molecule has 1 N–H and O–H groups in total. The Morgan fingerprint density at radius 2 is 1.88 bits per heavy atom. The van der Waals surface area contributed by atoms with E-state index < -0.39 is 11.6 Å². The van der Waals surface area contributed by atoms with Crippen LogP contribution in [0.5, 0.6) is 5.75 Å². The van der Waals surface area contributed by atoms with Crippen LogP contribution in [0.15, 0.2) is 48.5 Å². The molecule has 5 nitrogen and oxygen atoms in total. The van der Waals surface area contributed by atoms with Crippen molar-refractivity contribution in [3.63, 3.8) is 0 Å². The second-order valence-corrected chi connectivity index (χ2v) is 6.29. The van der Waals surface area contributed by atoms with Gasteiger partial charge in [-0.25, -0.2) is 4.79 Å². The van der Waals surface area contributed by atoms with Crippen LogP contribution in [0.25, 0.3) is 0 Å². The van der Waals surface area contributed by atoms with Gasteiger partial charge in [-0.2, -0.15) is 0 Å². The quantitative estimate of drug-likeness (QED) is 0.938. The van der Waals surface area contributed by atoms with Crippen LogP contribution in [0.4, 0.5) is 5.69 Å². The molecule has 0 aliphatic carbocycles. The van der Waals surface area contributed by atoms with Crippen molar-refractivity contribution in [2.45, 2.75) is 25.9 Å². The van der Waals surface area contributed by atoms with Gasteiger partial charge in [-0.1, -0.05) is 30.3 Å². The summed E-state index contributed by atoms with van der Waals surface area (Å²) in [4.78, 5) is 25.6. The zero-order chi connectivity index (χ0) is 17.3. The lowest BCUT2D eigenvalue weighted by molar-refractivity contribution is -0.132. The van der Waals surface area contributed by atoms with Crippen LogP contribution < -0.4 is 9.64 Å². The molecule has 3 rings (SSSR count). The highest BCUT2D eigenvalue weighted by Crippen LogP contribution is 2.38. The molecule has 1 heterocycles. The Morgan fingerprint density at radius 1 is 1.17 bits per heavy atom. The van der Waals surface area contributed by atoms with Crippen molar-refractivity contribution < 1.29 is 19.4 Å². The smallest absolute Gasteiger partial charge is 0.335 e. The standard InChI is InChI=1S/C19H19NO4/c1-19(2)18(23)20(11-10-13-6-4-3-5-7-13)15-9-8-14(17(21)22)12-16(15)24-19/h3-9,12H,10-11H2,1-2H3,(H,21,22). The Kier molecular flexibility index (Phi) is 4.01. The van der Waals surface area contributed by atoms with Gasteiger partial charge in [0.15, 0.2) is 5.60 Å². The SMILES string of the molecule is CC1(C)Oc2cc(C(=O)O)ccc2N(CCc2ccccc2)C1=O. The third-order valence-electron chi connectivity index (χ3n) is 4.09. The average molecular weight is 325 g/mol. The predicted molar refractivity (Wildman–Crippen MR) is 90.6 cm³/mol. The van der Waals surface area contributed by atoms with E-state index in [1.54, 1.807) is 24.8 Å². The first kappa shape index (κ1) is 16.1. The van der Waals surface area contributed by atoms with Crippen LogP contribution in [0.1, 0.15) is 29.8 Å². The fraction of sp³-hybridized carbons (Fsp3) is 0.263. The second-order valence-electron chi connectivity index (χ2n) is 6.29. The Hall–Kier alpha value is -2.82. The maximum Gasteiger partial charge on any atom is 0.335 e. The monoisotopic (exact) mass is 325 g/mol. The van der Waals surface area contributed by atoms with E-state index in [0.717, 1.165) is 5.56 Å². The second kappa shape index (κ2) is 6.00. The number of carboxylic acid groups (broad SMARTS) is 1. The van der Waals surface area contributed by atoms with Crippen LogP contribution in [0.2, 0.25) is 0 Å². The summed E-state index contributed by atoms with van der Waals surface area (Å²) in [7, 11) is 0. The minimum atomic E-state index is -1.03. The zero-order valence-electron chi connectivity index (χ0n) is 13.7. The number of carbonyl (C=O) groups is 2. The minimum Gasteiger partial charge on any atom is -0.478 e. The number of amides is 1. The molecule has 0 atom stereocenters. The maximum atomic E-state index is 12.7. The summed E-state index contributed by atoms with van der Waals surface area (Å²) >= 11 is 0. The summed E-state index contributed by atoms with van der Waals surface area (Å²) in [6.07, 6.45) is 0.711. The number of carboxylic acids is 1. The van der Waals surface area contributed by atoms with Gasteiger partial charge in [-0.3, -0.25) is 4.79 Å². The number of anilines is 1. The van der Waals surface area contributed by atoms with E-state index in [1.165, 1.54) is 12.1 Å². The van der Waals surface area contributed by atoms with E-state index in [-0.39, 0.29) is 11.5 Å². The fourth-order valence-electron chi connectivity index (χ4n) is 2.81. The summed E-state index contributed by atoms with van der Waals surface area (Å²) in [6, 6.07) is 14.5. The minimum absolute atomic E-state index is 0.131. The van der Waals surface area contributed by atoms with Crippen molar-refractivity contribution >= 4 is 17.6 Å². The lowest BCUT2D eigenvalue weighted by Crippen LogP contribution is -2.53. The number of fused-ring (bicyclic) bond motifs is 1. The molecule has 0 saturated carbocycles. The summed E-state index contributed by atoms with van der Waals surface area (Å²) in [6.45, 7) is 3.90. The highest BCUT2D eigenvalue weighted by Gasteiger charge is 2.40. The molecule has 0 unspecified atom stereocenters. The van der Waals surface area contributed by atoms with E-state index in [1.807, 2.05) is 30.3 Å². The number of hydrogen-bond acceptors (Lipinski definition) is 3. The molecular weight excluding hydrogens is 306 g/mol. The van der Waals surface area contributed by atoms with Crippen LogP contribution in [-0.2, 0) is 11.2 Å². The molecule has 1 aliphatic rings. The lowest BCUT2D eigenvalue weighted by Gasteiger charge is -2.39. The van der Waals surface area contributed by atoms with Crippen LogP contribution in [0.3, 0.4) is 0 Å². The molecule has 24 heavy (non-hydrogen) atoms. The average Bonchev–Trinajstić information content (AvgIpc) is 2.55. The topological polar surface area (TPSA) is 66.8 Å². The first-order valence-corrected chi connectivity index (χ1v) is 7.81. The number of carbonyl (C=O) groups excluding carboxylic acids is 1. The number of ether oxygens (including phenoxy) is 1. The highest BCUT2D eigenvalue weighted by atomic mass is 16.5. The first-order chi connectivity index (χ1) is 11.4. The summed E-state index contributed by atoms with van der Waals surface area (Å²) in [5.74, 6) is -0.728. The van der Waals surface area contributed by atoms with E-state index in [0.29, 0.717) is 24.4 Å². The van der Waals surface area contributed by atoms with Crippen molar-refractivity contribution in [3.05, 3.63) is 59.7 Å². The molecule has 2 aromatic carbocycles. The van der Waals surface area contributed by atoms with Gasteiger partial charge in [0, 0.05) is 6.54 Å². The van der Waals surface area contributed by atoms with Gasteiger partial charge >= 0.3 is 5.97 Å². The summed E-state index contributed by atoms with van der Waals surface area (Å²) < 4.78 is 5.75. The number of nitrogens with zero attached hydrogens (tertiary/aromatic N) is 1. The van der Waals surface area contributed by atoms with E-state index in [2.05, 4.69) is 0 Å². The zero-order valence-corrected chi connectivity index (χ0v) is 13.7. The number of aromatic carboxylic acids is 1. The highest BCUT2D eigenvalue weighted by molar-refractivity contribution is 6.03. The molecule has 1 aliphatic heterocycles. The predicted octanol–water partition coefficient (Wildman–Crippen LogP) is 3.13. The van der Waals surface area contributed by atoms with E-state index in [9.17, 15) is 9.59 Å². The number of benzene rings is 2. The first-order valence-electron chi connectivity index (χ1n) is 7.81. The summed E-state index contributed by atoms with van der Waals surface area (Å²) in [5, 5.41) is 9.15. The van der Waals surface area contributed by atoms with Gasteiger partial charge in [0.2, 0.25) is 0 Å². The molecule has 0 bridgehead atoms. The van der Waals surface area contributed by atoms with Gasteiger partial charge in [0.25, 0.3) is 5.91 Å². The van der Waals surface area contributed by atoms with Crippen molar-refractivity contribution in [2.75, 3.05) is 11.4 Å². The molecule has 2 aromatic rings. The molecule has 5 heteroatoms. The van der Waals surface area contributed by atoms with Gasteiger partial charge < -0.3 is 14.7 Å². The molecule has 0 aromatic heterocycles. The van der Waals surface area contributed by atoms with Crippen LogP contribution >= 0.6 is 0 Å². The maximum absolute atomic E-state index is 12.7. The Balaban J connectivity index is 1.93. The van der Waals surface area contributed by atoms with E-state index in [4.69, 9.17) is 9.84 Å². The molecule has 0 fully saturated rings. The third-order valence-corrected chi connectivity index (χ3v) is 4.09. The summed E-state index contributed by atoms with van der Waals surface area (Å²) in [5.41, 5.74) is 0.862. The number of rotatable bonds is 4. The van der Waals surface area contributed by atoms with Crippen LogP contribution in [0, 0.1) is 0 Å². The van der Waals surface area contributed by atoms with Crippen molar-refractivity contribution in [1.29, 1.82) is 0 Å². The Morgan fingerprint density at radius 3 is 2.54 bits per heavy atom. The third kappa shape index (κ3) is 2.97. The van der Waals surface area contributed by atoms with Gasteiger partial charge in [0.05, 0.1) is 11.3 Å². The molecular formula is C19H19NO4. The molecule has 0 radical (unpaired) electrons. The Labute approximate surface area is 140 Å². The van der Waals surface area contributed by atoms with Gasteiger partial charge in [-0.15, -0.1) is 0 Å². The lowest BCUT2D eigenvalue weighted by atomic mass is 10.0. The molecule has 0 saturated heterocycles. The normalized spacial score (nSPS) is 15.6. The van der Waals surface area contributed by atoms with Crippen molar-refractivity contribution in [1.82, 2.24) is 0 Å². The molecule has 1 amide bonds. The fourth-order valence-corrected chi connectivity index (χ4v) is 2.81. The number of hydrogen-bond donors (Lipinski definition) is 1. The van der Waals surface area contributed by atoms with Gasteiger partial charge in [-0.05, 0) is 44.0 Å². The Bertz CT molecular complexity index is 783. The van der Waals surface area contributed by atoms with Crippen molar-refractivity contribution in [3.8, 4) is 5.75 Å². The van der Waals surface area contributed by atoms with E-state index >= 15 is 0 Å². The molecule has 124 valence electrons.